The molecule has 2 aliphatic rings. The third-order valence-corrected chi connectivity index (χ3v) is 5.12. The summed E-state index contributed by atoms with van der Waals surface area (Å²) in [5, 5.41) is 10.8. The molecule has 23 heavy (non-hydrogen) atoms. The first kappa shape index (κ1) is 14.3. The molecule has 0 saturated carbocycles. The third-order valence-electron chi connectivity index (χ3n) is 5.12. The Labute approximate surface area is 136 Å². The fourth-order valence-electron chi connectivity index (χ4n) is 4.10. The van der Waals surface area contributed by atoms with Crippen molar-refractivity contribution in [3.63, 3.8) is 0 Å². The Morgan fingerprint density at radius 3 is 2.96 bits per heavy atom. The van der Waals surface area contributed by atoms with Crippen LogP contribution in [-0.4, -0.2) is 30.2 Å². The van der Waals surface area contributed by atoms with Crippen LogP contribution in [0.3, 0.4) is 0 Å². The van der Waals surface area contributed by atoms with Gasteiger partial charge in [0.2, 0.25) is 0 Å². The van der Waals surface area contributed by atoms with Crippen LogP contribution in [0, 0.1) is 0 Å². The van der Waals surface area contributed by atoms with E-state index >= 15 is 0 Å². The maximum absolute atomic E-state index is 10.8. The number of phenols is 1. The Hall–Kier alpha value is -2.26. The van der Waals surface area contributed by atoms with E-state index in [-0.39, 0.29) is 5.75 Å². The van der Waals surface area contributed by atoms with E-state index in [4.69, 9.17) is 4.74 Å². The molecule has 1 unspecified atom stereocenters. The fraction of sp³-hybridized carbons (Fsp3) is 0.300. The van der Waals surface area contributed by atoms with Gasteiger partial charge in [-0.15, -0.1) is 6.58 Å². The van der Waals surface area contributed by atoms with E-state index in [0.717, 1.165) is 37.1 Å². The number of rotatable bonds is 3. The van der Waals surface area contributed by atoms with E-state index in [2.05, 4.69) is 29.7 Å². The normalized spacial score (nSPS) is 18.9. The number of nitrogens with zero attached hydrogens (tertiary/aromatic N) is 1. The van der Waals surface area contributed by atoms with Gasteiger partial charge in [0.15, 0.2) is 11.5 Å². The summed E-state index contributed by atoms with van der Waals surface area (Å²) >= 11 is 0. The molecule has 1 heterocycles. The highest BCUT2D eigenvalue weighted by atomic mass is 16.5. The summed E-state index contributed by atoms with van der Waals surface area (Å²) in [5.74, 6) is 0.843. The van der Waals surface area contributed by atoms with E-state index in [1.165, 1.54) is 16.7 Å². The Morgan fingerprint density at radius 1 is 1.35 bits per heavy atom. The number of benzene rings is 2. The zero-order chi connectivity index (χ0) is 16.0. The van der Waals surface area contributed by atoms with Crippen molar-refractivity contribution >= 4 is 0 Å². The highest BCUT2D eigenvalue weighted by Crippen LogP contribution is 2.51. The van der Waals surface area contributed by atoms with Crippen molar-refractivity contribution < 1.29 is 9.84 Å². The van der Waals surface area contributed by atoms with E-state index in [1.807, 2.05) is 18.2 Å². The molecule has 3 nitrogen and oxygen atoms in total. The maximum Gasteiger partial charge on any atom is 0.166 e. The molecule has 0 spiro atoms. The lowest BCUT2D eigenvalue weighted by atomic mass is 9.76. The van der Waals surface area contributed by atoms with E-state index in [0.29, 0.717) is 11.8 Å². The maximum atomic E-state index is 10.8. The first-order valence-corrected chi connectivity index (χ1v) is 8.10. The third kappa shape index (κ3) is 2.07. The molecule has 1 aliphatic carbocycles. The summed E-state index contributed by atoms with van der Waals surface area (Å²) in [5.41, 5.74) is 5.96. The van der Waals surface area contributed by atoms with Gasteiger partial charge >= 0.3 is 0 Å². The molecule has 0 fully saturated rings. The minimum Gasteiger partial charge on any atom is -0.504 e. The number of phenolic OH excluding ortho intramolecular Hbond substituents is 1. The second-order valence-electron chi connectivity index (χ2n) is 6.29. The van der Waals surface area contributed by atoms with Crippen molar-refractivity contribution in [2.24, 2.45) is 0 Å². The minimum absolute atomic E-state index is 0.267. The van der Waals surface area contributed by atoms with Crippen LogP contribution in [-0.2, 0) is 12.8 Å². The fourth-order valence-corrected chi connectivity index (χ4v) is 4.10. The van der Waals surface area contributed by atoms with Gasteiger partial charge in [-0.05, 0) is 41.2 Å². The summed E-state index contributed by atoms with van der Waals surface area (Å²) in [7, 11) is 1.62. The van der Waals surface area contributed by atoms with Crippen LogP contribution < -0.4 is 4.74 Å². The van der Waals surface area contributed by atoms with Crippen LogP contribution in [0.4, 0.5) is 0 Å². The first-order chi connectivity index (χ1) is 11.2. The monoisotopic (exact) mass is 307 g/mol. The molecule has 1 aliphatic heterocycles. The number of aromatic hydroxyl groups is 1. The largest absolute Gasteiger partial charge is 0.504 e. The summed E-state index contributed by atoms with van der Waals surface area (Å²) in [6.45, 7) is 5.78. The second-order valence-corrected chi connectivity index (χ2v) is 6.29. The minimum atomic E-state index is 0.267. The number of hydrogen-bond acceptors (Lipinski definition) is 3. The Bertz CT molecular complexity index is 781. The van der Waals surface area contributed by atoms with Gasteiger partial charge in [0.05, 0.1) is 7.11 Å². The Kier molecular flexibility index (Phi) is 3.38. The van der Waals surface area contributed by atoms with Gasteiger partial charge in [-0.25, -0.2) is 0 Å². The van der Waals surface area contributed by atoms with Gasteiger partial charge < -0.3 is 9.84 Å². The first-order valence-electron chi connectivity index (χ1n) is 8.10. The molecule has 2 aromatic carbocycles. The van der Waals surface area contributed by atoms with Crippen molar-refractivity contribution in [2.75, 3.05) is 20.2 Å². The van der Waals surface area contributed by atoms with Crippen molar-refractivity contribution in [1.82, 2.24) is 4.90 Å². The van der Waals surface area contributed by atoms with E-state index < -0.39 is 0 Å². The van der Waals surface area contributed by atoms with Crippen LogP contribution in [0.5, 0.6) is 11.5 Å². The van der Waals surface area contributed by atoms with Gasteiger partial charge in [-0.2, -0.15) is 0 Å². The topological polar surface area (TPSA) is 32.7 Å². The van der Waals surface area contributed by atoms with Gasteiger partial charge in [0.25, 0.3) is 0 Å². The number of methoxy groups -OCH3 is 1. The van der Waals surface area contributed by atoms with E-state index in [9.17, 15) is 5.11 Å². The molecule has 0 radical (unpaired) electrons. The molecule has 0 bridgehead atoms. The smallest absolute Gasteiger partial charge is 0.166 e. The number of ether oxygens (including phenoxy) is 1. The molecule has 2 aromatic rings. The average Bonchev–Trinajstić information content (AvgIpc) is 2.58. The molecular formula is C20H21NO2. The van der Waals surface area contributed by atoms with Crippen LogP contribution >= 0.6 is 0 Å². The molecule has 0 aromatic heterocycles. The van der Waals surface area contributed by atoms with Crippen LogP contribution in [0.1, 0.15) is 22.7 Å². The summed E-state index contributed by atoms with van der Waals surface area (Å²) in [4.78, 5) is 2.46. The lowest BCUT2D eigenvalue weighted by Crippen LogP contribution is -2.38. The molecule has 0 amide bonds. The zero-order valence-corrected chi connectivity index (χ0v) is 13.4. The second kappa shape index (κ2) is 5.43. The SMILES string of the molecule is C=CCN1CCc2cc(OC)c(O)c3c2C1Cc1ccccc1-3. The van der Waals surface area contributed by atoms with Crippen molar-refractivity contribution in [2.45, 2.75) is 18.9 Å². The average molecular weight is 307 g/mol. The highest BCUT2D eigenvalue weighted by molar-refractivity contribution is 5.83. The number of fused-ring (bicyclic) bond motifs is 2. The molecule has 118 valence electrons. The molecule has 1 atom stereocenters. The van der Waals surface area contributed by atoms with Crippen LogP contribution in [0.15, 0.2) is 43.0 Å². The highest BCUT2D eigenvalue weighted by Gasteiger charge is 2.36. The van der Waals surface area contributed by atoms with Gasteiger partial charge in [-0.3, -0.25) is 4.90 Å². The molecule has 4 rings (SSSR count). The van der Waals surface area contributed by atoms with Crippen molar-refractivity contribution in [1.29, 1.82) is 0 Å². The van der Waals surface area contributed by atoms with Crippen LogP contribution in [0.2, 0.25) is 0 Å². The molecule has 1 N–H and O–H groups in total. The van der Waals surface area contributed by atoms with E-state index in [1.54, 1.807) is 7.11 Å². The number of hydrogen-bond donors (Lipinski definition) is 1. The zero-order valence-electron chi connectivity index (χ0n) is 13.4. The predicted molar refractivity (Wildman–Crippen MR) is 92.0 cm³/mol. The molecule has 3 heteroatoms. The van der Waals surface area contributed by atoms with Gasteiger partial charge in [0, 0.05) is 24.7 Å². The Balaban J connectivity index is 2.00. The van der Waals surface area contributed by atoms with Crippen molar-refractivity contribution in [3.05, 3.63) is 59.7 Å². The summed E-state index contributed by atoms with van der Waals surface area (Å²) in [6, 6.07) is 10.7. The van der Waals surface area contributed by atoms with Gasteiger partial charge in [-0.1, -0.05) is 30.3 Å². The lowest BCUT2D eigenvalue weighted by Gasteiger charge is -2.41. The Morgan fingerprint density at radius 2 is 2.17 bits per heavy atom. The lowest BCUT2D eigenvalue weighted by molar-refractivity contribution is 0.202. The summed E-state index contributed by atoms with van der Waals surface area (Å²) in [6.07, 6.45) is 3.93. The summed E-state index contributed by atoms with van der Waals surface area (Å²) < 4.78 is 5.42. The quantitative estimate of drug-likeness (QED) is 0.878. The molecule has 0 saturated heterocycles. The van der Waals surface area contributed by atoms with Gasteiger partial charge in [0.1, 0.15) is 0 Å². The van der Waals surface area contributed by atoms with Crippen molar-refractivity contribution in [3.8, 4) is 22.6 Å². The molecular weight excluding hydrogens is 286 g/mol. The standard InChI is InChI=1S/C20H21NO2/c1-3-9-21-10-8-14-12-17(23-2)20(22)19-15-7-5-4-6-13(15)11-16(21)18(14)19/h3-7,12,16,22H,1,8-11H2,2H3. The predicted octanol–water partition coefficient (Wildman–Crippen LogP) is 3.71. The van der Waals surface area contributed by atoms with Crippen LogP contribution in [0.25, 0.3) is 11.1 Å².